The summed E-state index contributed by atoms with van der Waals surface area (Å²) >= 11 is 0. The molecule has 1 unspecified atom stereocenters. The average Bonchev–Trinajstić information content (AvgIpc) is 3.29. The number of carboxylic acid groups (broad SMARTS) is 1. The normalized spacial score (nSPS) is 16.1. The van der Waals surface area contributed by atoms with Crippen LogP contribution >= 0.6 is 0 Å². The fourth-order valence-corrected chi connectivity index (χ4v) is 5.12. The standard InChI is InChI=1S/C30H28F3N3O3/c1-29(2,3)25-17-36(28(37)38)14-13-19-15-20(9-11-23(19)25)26-34-27(39-35-26)21-10-12-22(18-7-5-4-6-8-18)24(16-21)30(31,32)33/h4-12,15-16,25H,13-14,17H2,1-3H3,(H,37,38). The molecule has 1 amide bonds. The summed E-state index contributed by atoms with van der Waals surface area (Å²) in [6.45, 7) is 7.03. The summed E-state index contributed by atoms with van der Waals surface area (Å²) in [7, 11) is 0. The zero-order valence-corrected chi connectivity index (χ0v) is 21.8. The SMILES string of the molecule is CC(C)(C)C1CN(C(=O)O)CCc2cc(-c3noc(-c4ccc(-c5ccccc5)c(C(F)(F)F)c4)n3)ccc21. The Hall–Kier alpha value is -4.14. The number of carbonyl (C=O) groups is 1. The Balaban J connectivity index is 1.50. The minimum atomic E-state index is -4.57. The summed E-state index contributed by atoms with van der Waals surface area (Å²) < 4.78 is 47.3. The molecule has 1 N–H and O–H groups in total. The predicted octanol–water partition coefficient (Wildman–Crippen LogP) is 7.76. The lowest BCUT2D eigenvalue weighted by Crippen LogP contribution is -2.36. The first kappa shape index (κ1) is 26.5. The van der Waals surface area contributed by atoms with Crippen molar-refractivity contribution in [1.82, 2.24) is 15.0 Å². The molecule has 5 rings (SSSR count). The zero-order chi connectivity index (χ0) is 27.9. The molecule has 202 valence electrons. The smallest absolute Gasteiger partial charge is 0.417 e. The van der Waals surface area contributed by atoms with Gasteiger partial charge in [-0.15, -0.1) is 0 Å². The van der Waals surface area contributed by atoms with E-state index in [-0.39, 0.29) is 34.2 Å². The molecular weight excluding hydrogens is 507 g/mol. The van der Waals surface area contributed by atoms with Crippen molar-refractivity contribution in [2.75, 3.05) is 13.1 Å². The maximum absolute atomic E-state index is 14.0. The molecule has 9 heteroatoms. The van der Waals surface area contributed by atoms with E-state index in [4.69, 9.17) is 4.52 Å². The van der Waals surface area contributed by atoms with Gasteiger partial charge in [0.05, 0.1) is 5.56 Å². The Morgan fingerprint density at radius 3 is 2.36 bits per heavy atom. The van der Waals surface area contributed by atoms with Crippen LogP contribution in [0, 0.1) is 5.41 Å². The number of benzene rings is 3. The third kappa shape index (κ3) is 5.39. The minimum absolute atomic E-state index is 0.00935. The van der Waals surface area contributed by atoms with Crippen molar-refractivity contribution < 1.29 is 27.6 Å². The highest BCUT2D eigenvalue weighted by Crippen LogP contribution is 2.41. The van der Waals surface area contributed by atoms with Crippen LogP contribution in [-0.2, 0) is 12.6 Å². The van der Waals surface area contributed by atoms with Crippen molar-refractivity contribution in [2.45, 2.75) is 39.3 Å². The Morgan fingerprint density at radius 1 is 0.974 bits per heavy atom. The van der Waals surface area contributed by atoms with Crippen LogP contribution in [0.2, 0.25) is 0 Å². The molecule has 0 spiro atoms. The maximum atomic E-state index is 14.0. The number of amides is 1. The molecular formula is C30H28F3N3O3. The molecule has 0 aliphatic carbocycles. The lowest BCUT2D eigenvalue weighted by Gasteiger charge is -2.33. The molecule has 1 aliphatic heterocycles. The largest absolute Gasteiger partial charge is 0.465 e. The van der Waals surface area contributed by atoms with Gasteiger partial charge in [-0.3, -0.25) is 0 Å². The molecule has 0 fully saturated rings. The number of halogens is 3. The van der Waals surface area contributed by atoms with Crippen molar-refractivity contribution >= 4 is 6.09 Å². The highest BCUT2D eigenvalue weighted by molar-refractivity contribution is 5.72. The van der Waals surface area contributed by atoms with E-state index in [1.807, 2.05) is 18.2 Å². The number of rotatable bonds is 3. The Bertz CT molecular complexity index is 1510. The molecule has 1 aromatic heterocycles. The second-order valence-corrected chi connectivity index (χ2v) is 10.9. The molecule has 1 aliphatic rings. The van der Waals surface area contributed by atoms with E-state index < -0.39 is 17.8 Å². The monoisotopic (exact) mass is 535 g/mol. The maximum Gasteiger partial charge on any atom is 0.417 e. The summed E-state index contributed by atoms with van der Waals surface area (Å²) in [6.07, 6.45) is -4.99. The van der Waals surface area contributed by atoms with Crippen LogP contribution in [0.5, 0.6) is 0 Å². The second-order valence-electron chi connectivity index (χ2n) is 10.9. The third-order valence-electron chi connectivity index (χ3n) is 7.23. The molecule has 39 heavy (non-hydrogen) atoms. The number of aromatic nitrogens is 2. The van der Waals surface area contributed by atoms with Gasteiger partial charge in [0.15, 0.2) is 0 Å². The van der Waals surface area contributed by atoms with E-state index in [9.17, 15) is 23.1 Å². The lowest BCUT2D eigenvalue weighted by molar-refractivity contribution is -0.137. The van der Waals surface area contributed by atoms with Crippen LogP contribution in [0.3, 0.4) is 0 Å². The average molecular weight is 536 g/mol. The molecule has 0 radical (unpaired) electrons. The first-order chi connectivity index (χ1) is 18.4. The first-order valence-corrected chi connectivity index (χ1v) is 12.6. The van der Waals surface area contributed by atoms with Crippen LogP contribution < -0.4 is 0 Å². The lowest BCUT2D eigenvalue weighted by atomic mass is 9.75. The summed E-state index contributed by atoms with van der Waals surface area (Å²) in [5.74, 6) is 0.222. The molecule has 2 heterocycles. The van der Waals surface area contributed by atoms with Gasteiger partial charge in [-0.1, -0.05) is 74.5 Å². The number of alkyl halides is 3. The molecule has 0 saturated heterocycles. The fraction of sp³-hybridized carbons (Fsp3) is 0.300. The molecule has 4 aromatic rings. The zero-order valence-electron chi connectivity index (χ0n) is 21.8. The number of nitrogens with zero attached hydrogens (tertiary/aromatic N) is 3. The van der Waals surface area contributed by atoms with Crippen LogP contribution in [0.15, 0.2) is 71.3 Å². The van der Waals surface area contributed by atoms with Crippen LogP contribution in [-0.4, -0.2) is 39.3 Å². The van der Waals surface area contributed by atoms with Gasteiger partial charge in [0.2, 0.25) is 5.82 Å². The van der Waals surface area contributed by atoms with Gasteiger partial charge in [-0.25, -0.2) is 4.79 Å². The highest BCUT2D eigenvalue weighted by atomic mass is 19.4. The van der Waals surface area contributed by atoms with Gasteiger partial charge in [-0.05, 0) is 52.3 Å². The van der Waals surface area contributed by atoms with Crippen molar-refractivity contribution in [1.29, 1.82) is 0 Å². The van der Waals surface area contributed by atoms with Gasteiger partial charge in [0.25, 0.3) is 5.89 Å². The van der Waals surface area contributed by atoms with Crippen LogP contribution in [0.25, 0.3) is 34.0 Å². The number of hydrogen-bond donors (Lipinski definition) is 1. The topological polar surface area (TPSA) is 79.5 Å². The fourth-order valence-electron chi connectivity index (χ4n) is 5.12. The highest BCUT2D eigenvalue weighted by Gasteiger charge is 2.35. The molecule has 1 atom stereocenters. The van der Waals surface area contributed by atoms with Gasteiger partial charge >= 0.3 is 12.3 Å². The summed E-state index contributed by atoms with van der Waals surface area (Å²) in [4.78, 5) is 17.6. The minimum Gasteiger partial charge on any atom is -0.465 e. The van der Waals surface area contributed by atoms with Gasteiger partial charge in [0, 0.05) is 30.1 Å². The van der Waals surface area contributed by atoms with E-state index in [2.05, 4.69) is 30.9 Å². The molecule has 0 saturated carbocycles. The van der Waals surface area contributed by atoms with Crippen LogP contribution in [0.4, 0.5) is 18.0 Å². The predicted molar refractivity (Wildman–Crippen MR) is 141 cm³/mol. The summed E-state index contributed by atoms with van der Waals surface area (Å²) in [6, 6.07) is 18.1. The van der Waals surface area contributed by atoms with Crippen molar-refractivity contribution in [3.05, 3.63) is 83.4 Å². The second kappa shape index (κ2) is 9.87. The number of fused-ring (bicyclic) bond motifs is 1. The van der Waals surface area contributed by atoms with Crippen LogP contribution in [0.1, 0.15) is 43.4 Å². The van der Waals surface area contributed by atoms with E-state index in [1.54, 1.807) is 36.4 Å². The van der Waals surface area contributed by atoms with Crippen molar-refractivity contribution in [2.24, 2.45) is 5.41 Å². The Labute approximate surface area is 224 Å². The molecule has 0 bridgehead atoms. The Kier molecular flexibility index (Phi) is 6.70. The van der Waals surface area contributed by atoms with Crippen molar-refractivity contribution in [3.63, 3.8) is 0 Å². The van der Waals surface area contributed by atoms with Crippen molar-refractivity contribution in [3.8, 4) is 34.0 Å². The third-order valence-corrected chi connectivity index (χ3v) is 7.23. The van der Waals surface area contributed by atoms with E-state index in [1.165, 1.54) is 11.0 Å². The molecule has 3 aromatic carbocycles. The summed E-state index contributed by atoms with van der Waals surface area (Å²) in [5, 5.41) is 13.7. The van der Waals surface area contributed by atoms with Gasteiger partial charge in [-0.2, -0.15) is 18.2 Å². The summed E-state index contributed by atoms with van der Waals surface area (Å²) in [5.41, 5.74) is 2.46. The number of hydrogen-bond acceptors (Lipinski definition) is 4. The van der Waals surface area contributed by atoms with Gasteiger partial charge in [0.1, 0.15) is 0 Å². The van der Waals surface area contributed by atoms with Gasteiger partial charge < -0.3 is 14.5 Å². The van der Waals surface area contributed by atoms with E-state index in [0.717, 1.165) is 17.2 Å². The molecule has 6 nitrogen and oxygen atoms in total. The van der Waals surface area contributed by atoms with E-state index >= 15 is 0 Å². The Morgan fingerprint density at radius 2 is 1.69 bits per heavy atom. The quantitative estimate of drug-likeness (QED) is 0.290. The first-order valence-electron chi connectivity index (χ1n) is 12.6. The van der Waals surface area contributed by atoms with E-state index in [0.29, 0.717) is 30.6 Å².